The van der Waals surface area contributed by atoms with Gasteiger partial charge in [-0.2, -0.15) is 0 Å². The minimum absolute atomic E-state index is 0.840. The Balaban J connectivity index is 0.000000791. The fourth-order valence-electron chi connectivity index (χ4n) is 4.71. The van der Waals surface area contributed by atoms with Crippen molar-refractivity contribution in [2.75, 3.05) is 0 Å². The van der Waals surface area contributed by atoms with Crippen LogP contribution >= 0.6 is 0 Å². The molecule has 26 heavy (non-hydrogen) atoms. The molecule has 0 aromatic heterocycles. The number of hydrogen-bond acceptors (Lipinski definition) is 0. The van der Waals surface area contributed by atoms with Crippen LogP contribution < -0.4 is 0 Å². The normalized spacial score (nSPS) is 28.2. The number of rotatable bonds is 4. The largest absolute Gasteiger partial charge is 0.0683 e. The van der Waals surface area contributed by atoms with E-state index in [2.05, 4.69) is 38.1 Å². The molecule has 0 radical (unpaired) electrons. The second-order valence-electron chi connectivity index (χ2n) is 8.33. The van der Waals surface area contributed by atoms with Crippen LogP contribution in [0, 0.1) is 24.7 Å². The van der Waals surface area contributed by atoms with E-state index in [0.717, 1.165) is 23.7 Å². The maximum Gasteiger partial charge on any atom is -0.0162 e. The van der Waals surface area contributed by atoms with Gasteiger partial charge in [-0.25, -0.2) is 0 Å². The lowest BCUT2D eigenvalue weighted by molar-refractivity contribution is 0.237. The first kappa shape index (κ1) is 23.3. The van der Waals surface area contributed by atoms with Gasteiger partial charge in [0.15, 0.2) is 0 Å². The van der Waals surface area contributed by atoms with Crippen molar-refractivity contribution in [3.8, 4) is 0 Å². The topological polar surface area (TPSA) is 0 Å². The molecule has 0 aliphatic heterocycles. The van der Waals surface area contributed by atoms with E-state index >= 15 is 0 Å². The van der Waals surface area contributed by atoms with Gasteiger partial charge in [-0.15, -0.1) is 0 Å². The Morgan fingerprint density at radius 2 is 1.08 bits per heavy atom. The summed E-state index contributed by atoms with van der Waals surface area (Å²) in [6.07, 6.45) is 14.8. The first-order valence-corrected chi connectivity index (χ1v) is 11.8. The van der Waals surface area contributed by atoms with Crippen LogP contribution in [0.5, 0.6) is 0 Å². The van der Waals surface area contributed by atoms with Crippen molar-refractivity contribution in [1.29, 1.82) is 0 Å². The average Bonchev–Trinajstić information content (AvgIpc) is 2.72. The first-order chi connectivity index (χ1) is 12.7. The third-order valence-electron chi connectivity index (χ3n) is 6.51. The number of hydrogen-bond donors (Lipinski definition) is 0. The van der Waals surface area contributed by atoms with Crippen molar-refractivity contribution in [2.24, 2.45) is 17.8 Å². The second-order valence-corrected chi connectivity index (χ2v) is 8.33. The van der Waals surface area contributed by atoms with Gasteiger partial charge in [-0.05, 0) is 61.8 Å². The molecule has 1 aromatic carbocycles. The van der Waals surface area contributed by atoms with E-state index in [0.29, 0.717) is 0 Å². The predicted octanol–water partition coefficient (Wildman–Crippen LogP) is 8.93. The SMILES string of the molecule is CC.CC.Cc1ccc(C2CCC(CCC3CCC(C)CC3)CC2)cc1. The lowest BCUT2D eigenvalue weighted by atomic mass is 9.74. The van der Waals surface area contributed by atoms with Gasteiger partial charge >= 0.3 is 0 Å². The number of benzene rings is 1. The van der Waals surface area contributed by atoms with Crippen LogP contribution in [0.3, 0.4) is 0 Å². The minimum Gasteiger partial charge on any atom is -0.0683 e. The van der Waals surface area contributed by atoms with Gasteiger partial charge in [0.25, 0.3) is 0 Å². The highest BCUT2D eigenvalue weighted by Gasteiger charge is 2.24. The van der Waals surface area contributed by atoms with Crippen molar-refractivity contribution >= 4 is 0 Å². The average molecular weight is 359 g/mol. The summed E-state index contributed by atoms with van der Waals surface area (Å²) in [6, 6.07) is 9.30. The highest BCUT2D eigenvalue weighted by atomic mass is 14.3. The monoisotopic (exact) mass is 358 g/mol. The Kier molecular flexibility index (Phi) is 12.0. The third kappa shape index (κ3) is 7.85. The van der Waals surface area contributed by atoms with Crippen molar-refractivity contribution in [3.05, 3.63) is 35.4 Å². The highest BCUT2D eigenvalue weighted by Crippen LogP contribution is 2.39. The summed E-state index contributed by atoms with van der Waals surface area (Å²) in [7, 11) is 0. The molecule has 0 heterocycles. The maximum absolute atomic E-state index is 2.43. The zero-order chi connectivity index (χ0) is 19.4. The molecule has 0 saturated heterocycles. The Hall–Kier alpha value is -0.780. The quantitative estimate of drug-likeness (QED) is 0.504. The molecule has 0 bridgehead atoms. The van der Waals surface area contributed by atoms with Crippen LogP contribution in [0.25, 0.3) is 0 Å². The van der Waals surface area contributed by atoms with E-state index in [4.69, 9.17) is 0 Å². The smallest absolute Gasteiger partial charge is 0.0162 e. The van der Waals surface area contributed by atoms with Crippen LogP contribution in [0.2, 0.25) is 0 Å². The lowest BCUT2D eigenvalue weighted by Crippen LogP contribution is -2.16. The molecule has 2 aliphatic carbocycles. The van der Waals surface area contributed by atoms with Gasteiger partial charge in [0, 0.05) is 0 Å². The molecular weight excluding hydrogens is 312 g/mol. The summed E-state index contributed by atoms with van der Waals surface area (Å²) in [5.74, 6) is 3.93. The van der Waals surface area contributed by atoms with Gasteiger partial charge in [0.1, 0.15) is 0 Å². The Morgan fingerprint density at radius 1 is 0.654 bits per heavy atom. The standard InChI is InChI=1S/C22H34.2C2H6/c1-17-3-7-19(8-4-17)9-10-20-11-15-22(16-12-20)21-13-5-18(2)6-14-21;2*1-2/h5-6,13-14,17,19-20,22H,3-4,7-12,15-16H2,1-2H3;2*1-2H3. The van der Waals surface area contributed by atoms with E-state index in [-0.39, 0.29) is 0 Å². The molecule has 2 aliphatic rings. The van der Waals surface area contributed by atoms with Crippen LogP contribution in [0.15, 0.2) is 24.3 Å². The van der Waals surface area contributed by atoms with Gasteiger partial charge in [0.2, 0.25) is 0 Å². The molecule has 0 nitrogen and oxygen atoms in total. The Labute approximate surface area is 165 Å². The molecule has 1 aromatic rings. The van der Waals surface area contributed by atoms with Crippen molar-refractivity contribution in [2.45, 2.75) is 112 Å². The predicted molar refractivity (Wildman–Crippen MR) is 119 cm³/mol. The van der Waals surface area contributed by atoms with E-state index in [9.17, 15) is 0 Å². The van der Waals surface area contributed by atoms with Crippen LogP contribution in [0.4, 0.5) is 0 Å². The van der Waals surface area contributed by atoms with E-state index in [1.54, 1.807) is 5.56 Å². The van der Waals surface area contributed by atoms with E-state index < -0.39 is 0 Å². The molecular formula is C26H46. The summed E-state index contributed by atoms with van der Waals surface area (Å²) < 4.78 is 0. The summed E-state index contributed by atoms with van der Waals surface area (Å²) >= 11 is 0. The van der Waals surface area contributed by atoms with Crippen LogP contribution in [-0.4, -0.2) is 0 Å². The van der Waals surface area contributed by atoms with Crippen molar-refractivity contribution < 1.29 is 0 Å². The Bertz CT molecular complexity index is 428. The molecule has 3 rings (SSSR count). The minimum atomic E-state index is 0.840. The molecule has 0 N–H and O–H groups in total. The van der Waals surface area contributed by atoms with Gasteiger partial charge in [-0.3, -0.25) is 0 Å². The summed E-state index contributed by atoms with van der Waals surface area (Å²) in [5.41, 5.74) is 2.98. The molecule has 0 atom stereocenters. The van der Waals surface area contributed by atoms with Crippen LogP contribution in [-0.2, 0) is 0 Å². The van der Waals surface area contributed by atoms with E-state index in [1.807, 2.05) is 27.7 Å². The van der Waals surface area contributed by atoms with Crippen LogP contribution in [0.1, 0.15) is 116 Å². The highest BCUT2D eigenvalue weighted by molar-refractivity contribution is 5.24. The van der Waals surface area contributed by atoms with E-state index in [1.165, 1.54) is 69.8 Å². The maximum atomic E-state index is 2.43. The zero-order valence-electron chi connectivity index (χ0n) is 18.7. The summed E-state index contributed by atoms with van der Waals surface area (Å²) in [6.45, 7) is 12.6. The molecule has 0 amide bonds. The van der Waals surface area contributed by atoms with Crippen molar-refractivity contribution in [1.82, 2.24) is 0 Å². The first-order valence-electron chi connectivity index (χ1n) is 11.8. The lowest BCUT2D eigenvalue weighted by Gasteiger charge is -2.31. The molecule has 150 valence electrons. The third-order valence-corrected chi connectivity index (χ3v) is 6.51. The number of aryl methyl sites for hydroxylation is 1. The molecule has 2 saturated carbocycles. The fourth-order valence-corrected chi connectivity index (χ4v) is 4.71. The van der Waals surface area contributed by atoms with Gasteiger partial charge < -0.3 is 0 Å². The second kappa shape index (κ2) is 13.4. The Morgan fingerprint density at radius 3 is 1.54 bits per heavy atom. The molecule has 0 spiro atoms. The molecule has 0 unspecified atom stereocenters. The van der Waals surface area contributed by atoms with Crippen molar-refractivity contribution in [3.63, 3.8) is 0 Å². The summed E-state index contributed by atoms with van der Waals surface area (Å²) in [5, 5.41) is 0. The van der Waals surface area contributed by atoms with Gasteiger partial charge in [-0.1, -0.05) is 103 Å². The zero-order valence-corrected chi connectivity index (χ0v) is 18.7. The summed E-state index contributed by atoms with van der Waals surface area (Å²) in [4.78, 5) is 0. The van der Waals surface area contributed by atoms with Gasteiger partial charge in [0.05, 0.1) is 0 Å². The fraction of sp³-hybridized carbons (Fsp3) is 0.769. The molecule has 2 fully saturated rings. The molecule has 0 heteroatoms.